The molecule has 1 fully saturated rings. The van der Waals surface area contributed by atoms with E-state index in [1.54, 1.807) is 0 Å². The van der Waals surface area contributed by atoms with Crippen LogP contribution in [-0.4, -0.2) is 19.3 Å². The predicted molar refractivity (Wildman–Crippen MR) is 90.1 cm³/mol. The van der Waals surface area contributed by atoms with Crippen LogP contribution in [0.1, 0.15) is 96.8 Å². The number of unbranched alkanes of at least 4 members (excludes halogenated alkanes) is 8. The van der Waals surface area contributed by atoms with E-state index in [4.69, 9.17) is 0 Å². The van der Waals surface area contributed by atoms with Crippen LogP contribution in [0.25, 0.3) is 0 Å². The molecule has 0 aromatic heterocycles. The van der Waals surface area contributed by atoms with Crippen molar-refractivity contribution in [3.05, 3.63) is 0 Å². The minimum atomic E-state index is 0.581. The van der Waals surface area contributed by atoms with Crippen molar-refractivity contribution in [2.45, 2.75) is 103 Å². The summed E-state index contributed by atoms with van der Waals surface area (Å²) in [5.41, 5.74) is 0. The third kappa shape index (κ3) is 10.7. The van der Waals surface area contributed by atoms with Crippen LogP contribution < -0.4 is 10.6 Å². The van der Waals surface area contributed by atoms with Crippen LogP contribution in [0.3, 0.4) is 0 Å². The predicted octanol–water partition coefficient (Wildman–Crippen LogP) is 4.99. The van der Waals surface area contributed by atoms with E-state index in [9.17, 15) is 0 Å². The second-order valence-electron chi connectivity index (χ2n) is 6.49. The smallest absolute Gasteiger partial charge is 0.0571 e. The average molecular weight is 283 g/mol. The molecular weight excluding hydrogens is 244 g/mol. The first-order chi connectivity index (χ1) is 9.93. The van der Waals surface area contributed by atoms with E-state index in [1.165, 1.54) is 103 Å². The molecule has 2 heteroatoms. The summed E-state index contributed by atoms with van der Waals surface area (Å²) in [6, 6.07) is 0. The van der Waals surface area contributed by atoms with E-state index in [0.717, 1.165) is 0 Å². The molecule has 0 atom stereocenters. The first-order valence-electron chi connectivity index (χ1n) is 9.40. The lowest BCUT2D eigenvalue weighted by Gasteiger charge is -2.19. The Bertz CT molecular complexity index is 184. The molecule has 1 heterocycles. The summed E-state index contributed by atoms with van der Waals surface area (Å²) >= 11 is 0. The van der Waals surface area contributed by atoms with Crippen molar-refractivity contribution in [2.24, 2.45) is 0 Å². The van der Waals surface area contributed by atoms with E-state index in [0.29, 0.717) is 6.17 Å². The van der Waals surface area contributed by atoms with E-state index in [-0.39, 0.29) is 0 Å². The number of hydrogen-bond acceptors (Lipinski definition) is 2. The zero-order chi connectivity index (χ0) is 14.3. The van der Waals surface area contributed by atoms with Crippen molar-refractivity contribution in [2.75, 3.05) is 13.1 Å². The van der Waals surface area contributed by atoms with Crippen LogP contribution in [0, 0.1) is 0 Å². The van der Waals surface area contributed by atoms with Crippen molar-refractivity contribution >= 4 is 0 Å². The van der Waals surface area contributed by atoms with Gasteiger partial charge in [-0.3, -0.25) is 0 Å². The van der Waals surface area contributed by atoms with Gasteiger partial charge >= 0.3 is 0 Å². The highest BCUT2D eigenvalue weighted by Crippen LogP contribution is 2.11. The van der Waals surface area contributed by atoms with Crippen molar-refractivity contribution in [1.29, 1.82) is 0 Å². The molecule has 0 amide bonds. The standard InChI is InChI=1S/C18H38N2/c1-2-3-4-5-6-7-8-9-12-15-18-19-16-13-10-11-14-17-20-18/h18-20H,2-17H2,1H3. The molecule has 0 spiro atoms. The van der Waals surface area contributed by atoms with Crippen LogP contribution in [0.4, 0.5) is 0 Å². The fourth-order valence-corrected chi connectivity index (χ4v) is 3.09. The Morgan fingerprint density at radius 3 is 1.70 bits per heavy atom. The molecule has 2 N–H and O–H groups in total. The summed E-state index contributed by atoms with van der Waals surface area (Å²) in [6.07, 6.45) is 20.3. The third-order valence-electron chi connectivity index (χ3n) is 4.48. The van der Waals surface area contributed by atoms with E-state index < -0.39 is 0 Å². The molecule has 0 radical (unpaired) electrons. The highest BCUT2D eigenvalue weighted by Gasteiger charge is 2.08. The van der Waals surface area contributed by atoms with Gasteiger partial charge in [0.2, 0.25) is 0 Å². The fraction of sp³-hybridized carbons (Fsp3) is 1.00. The minimum absolute atomic E-state index is 0.581. The summed E-state index contributed by atoms with van der Waals surface area (Å²) in [5.74, 6) is 0. The van der Waals surface area contributed by atoms with Gasteiger partial charge in [0, 0.05) is 0 Å². The summed E-state index contributed by atoms with van der Waals surface area (Å²) in [5, 5.41) is 7.35. The van der Waals surface area contributed by atoms with Crippen molar-refractivity contribution in [1.82, 2.24) is 10.6 Å². The average Bonchev–Trinajstić information content (AvgIpc) is 2.59. The van der Waals surface area contributed by atoms with Gasteiger partial charge in [-0.2, -0.15) is 0 Å². The maximum absolute atomic E-state index is 3.68. The Balaban J connectivity index is 1.88. The van der Waals surface area contributed by atoms with Gasteiger partial charge in [-0.05, 0) is 32.4 Å². The molecule has 0 aromatic rings. The molecule has 0 aliphatic carbocycles. The Morgan fingerprint density at radius 1 is 0.650 bits per heavy atom. The lowest BCUT2D eigenvalue weighted by Crippen LogP contribution is -2.42. The lowest BCUT2D eigenvalue weighted by molar-refractivity contribution is 0.391. The van der Waals surface area contributed by atoms with Crippen molar-refractivity contribution in [3.8, 4) is 0 Å². The quantitative estimate of drug-likeness (QED) is 0.552. The maximum Gasteiger partial charge on any atom is 0.0571 e. The van der Waals surface area contributed by atoms with Gasteiger partial charge in [0.25, 0.3) is 0 Å². The topological polar surface area (TPSA) is 24.1 Å². The molecular formula is C18H38N2. The largest absolute Gasteiger partial charge is 0.302 e. The first-order valence-corrected chi connectivity index (χ1v) is 9.40. The number of hydrogen-bond donors (Lipinski definition) is 2. The summed E-state index contributed by atoms with van der Waals surface area (Å²) < 4.78 is 0. The van der Waals surface area contributed by atoms with Crippen LogP contribution in [0.5, 0.6) is 0 Å². The first kappa shape index (κ1) is 18.0. The molecule has 120 valence electrons. The normalized spacial score (nSPS) is 18.4. The molecule has 1 aliphatic heterocycles. The number of rotatable bonds is 10. The molecule has 1 rings (SSSR count). The molecule has 0 aromatic carbocycles. The van der Waals surface area contributed by atoms with Crippen LogP contribution in [0.15, 0.2) is 0 Å². The van der Waals surface area contributed by atoms with Gasteiger partial charge in [-0.25, -0.2) is 0 Å². The highest BCUT2D eigenvalue weighted by atomic mass is 15.1. The summed E-state index contributed by atoms with van der Waals surface area (Å²) in [4.78, 5) is 0. The summed E-state index contributed by atoms with van der Waals surface area (Å²) in [7, 11) is 0. The second-order valence-corrected chi connectivity index (χ2v) is 6.49. The Kier molecular flexibility index (Phi) is 12.5. The zero-order valence-electron chi connectivity index (χ0n) is 13.9. The van der Waals surface area contributed by atoms with Crippen LogP contribution in [-0.2, 0) is 0 Å². The van der Waals surface area contributed by atoms with Gasteiger partial charge < -0.3 is 10.6 Å². The molecule has 2 nitrogen and oxygen atoms in total. The molecule has 1 saturated heterocycles. The van der Waals surface area contributed by atoms with E-state index in [2.05, 4.69) is 17.6 Å². The number of nitrogens with one attached hydrogen (secondary N) is 2. The molecule has 1 aliphatic rings. The highest BCUT2D eigenvalue weighted by molar-refractivity contribution is 4.67. The Labute approximate surface area is 127 Å². The SMILES string of the molecule is CCCCCCCCCCCC1NCCCCCCN1. The van der Waals surface area contributed by atoms with E-state index >= 15 is 0 Å². The monoisotopic (exact) mass is 282 g/mol. The molecule has 20 heavy (non-hydrogen) atoms. The Morgan fingerprint density at radius 2 is 1.15 bits per heavy atom. The zero-order valence-corrected chi connectivity index (χ0v) is 13.9. The van der Waals surface area contributed by atoms with Crippen molar-refractivity contribution in [3.63, 3.8) is 0 Å². The van der Waals surface area contributed by atoms with E-state index in [1.807, 2.05) is 0 Å². The maximum atomic E-state index is 3.68. The fourth-order valence-electron chi connectivity index (χ4n) is 3.09. The Hall–Kier alpha value is -0.0800. The third-order valence-corrected chi connectivity index (χ3v) is 4.48. The molecule has 0 saturated carbocycles. The van der Waals surface area contributed by atoms with Gasteiger partial charge in [0.1, 0.15) is 0 Å². The van der Waals surface area contributed by atoms with Gasteiger partial charge in [0.05, 0.1) is 6.17 Å². The molecule has 0 unspecified atom stereocenters. The van der Waals surface area contributed by atoms with Gasteiger partial charge in [-0.1, -0.05) is 77.6 Å². The van der Waals surface area contributed by atoms with Gasteiger partial charge in [-0.15, -0.1) is 0 Å². The van der Waals surface area contributed by atoms with Crippen LogP contribution in [0.2, 0.25) is 0 Å². The van der Waals surface area contributed by atoms with Crippen molar-refractivity contribution < 1.29 is 0 Å². The minimum Gasteiger partial charge on any atom is -0.302 e. The van der Waals surface area contributed by atoms with Gasteiger partial charge in [0.15, 0.2) is 0 Å². The second kappa shape index (κ2) is 13.9. The lowest BCUT2D eigenvalue weighted by atomic mass is 10.1. The summed E-state index contributed by atoms with van der Waals surface area (Å²) in [6.45, 7) is 4.70. The molecule has 0 bridgehead atoms. The van der Waals surface area contributed by atoms with Crippen LogP contribution >= 0.6 is 0 Å².